The van der Waals surface area contributed by atoms with Gasteiger partial charge in [-0.3, -0.25) is 0 Å². The van der Waals surface area contributed by atoms with E-state index in [0.717, 1.165) is 11.0 Å². The van der Waals surface area contributed by atoms with Crippen LogP contribution >= 0.6 is 0 Å². The Balaban J connectivity index is 1.64. The van der Waals surface area contributed by atoms with E-state index in [4.69, 9.17) is 14.0 Å². The van der Waals surface area contributed by atoms with Crippen LogP contribution < -0.4 is 14.9 Å². The second kappa shape index (κ2) is 7.52. The van der Waals surface area contributed by atoms with Crippen LogP contribution in [0.15, 0.2) is 53.4 Å². The number of sulfonamides is 1. The van der Waals surface area contributed by atoms with E-state index in [1.54, 1.807) is 12.1 Å². The van der Waals surface area contributed by atoms with Gasteiger partial charge in [-0.15, -0.1) is 0 Å². The molecule has 0 amide bonds. The van der Waals surface area contributed by atoms with E-state index in [1.807, 2.05) is 52.0 Å². The van der Waals surface area contributed by atoms with E-state index >= 15 is 0 Å². The summed E-state index contributed by atoms with van der Waals surface area (Å²) in [5, 5.41) is 0. The number of hydrogen-bond acceptors (Lipinski definition) is 5. The molecule has 1 aliphatic rings. The molecule has 0 atom stereocenters. The van der Waals surface area contributed by atoms with Gasteiger partial charge < -0.3 is 14.0 Å². The molecule has 0 unspecified atom stereocenters. The van der Waals surface area contributed by atoms with Gasteiger partial charge in [0, 0.05) is 6.54 Å². The standard InChI is InChI=1S/C20H26BNO5S/c1-19(2)20(3,4)27-21(26-19)16-8-6-15(7-9-16)14-22-28(23,24)18-12-10-17(25-5)11-13-18/h6-13,22H,14H2,1-5H3. The van der Waals surface area contributed by atoms with Gasteiger partial charge in [-0.05, 0) is 63.0 Å². The number of rotatable bonds is 6. The van der Waals surface area contributed by atoms with E-state index < -0.39 is 28.3 Å². The van der Waals surface area contributed by atoms with Crippen LogP contribution in [0, 0.1) is 0 Å². The van der Waals surface area contributed by atoms with Gasteiger partial charge in [-0.1, -0.05) is 24.3 Å². The summed E-state index contributed by atoms with van der Waals surface area (Å²) in [4.78, 5) is 0.196. The fraction of sp³-hybridized carbons (Fsp3) is 0.400. The van der Waals surface area contributed by atoms with Gasteiger partial charge in [0.25, 0.3) is 0 Å². The molecule has 2 aromatic rings. The molecule has 0 saturated carbocycles. The largest absolute Gasteiger partial charge is 0.497 e. The molecule has 0 aromatic heterocycles. The van der Waals surface area contributed by atoms with Crippen molar-refractivity contribution in [1.29, 1.82) is 0 Å². The lowest BCUT2D eigenvalue weighted by molar-refractivity contribution is 0.00578. The van der Waals surface area contributed by atoms with Gasteiger partial charge >= 0.3 is 7.12 Å². The van der Waals surface area contributed by atoms with Crippen molar-refractivity contribution >= 4 is 22.6 Å². The molecular formula is C20H26BNO5S. The number of methoxy groups -OCH3 is 1. The van der Waals surface area contributed by atoms with E-state index in [2.05, 4.69) is 4.72 Å². The highest BCUT2D eigenvalue weighted by atomic mass is 32.2. The van der Waals surface area contributed by atoms with E-state index in [9.17, 15) is 8.42 Å². The van der Waals surface area contributed by atoms with Crippen LogP contribution in [0.1, 0.15) is 33.3 Å². The maximum atomic E-state index is 12.4. The molecule has 1 N–H and O–H groups in total. The monoisotopic (exact) mass is 403 g/mol. The van der Waals surface area contributed by atoms with Crippen molar-refractivity contribution in [3.8, 4) is 5.75 Å². The molecule has 3 rings (SSSR count). The van der Waals surface area contributed by atoms with E-state index in [0.29, 0.717) is 5.75 Å². The van der Waals surface area contributed by atoms with Crippen molar-refractivity contribution in [3.63, 3.8) is 0 Å². The third-order valence-electron chi connectivity index (χ3n) is 5.34. The van der Waals surface area contributed by atoms with Crippen molar-refractivity contribution in [2.75, 3.05) is 7.11 Å². The molecular weight excluding hydrogens is 377 g/mol. The van der Waals surface area contributed by atoms with Crippen LogP contribution in [-0.2, 0) is 25.9 Å². The second-order valence-electron chi connectivity index (χ2n) is 7.83. The molecule has 0 bridgehead atoms. The van der Waals surface area contributed by atoms with Crippen molar-refractivity contribution in [2.45, 2.75) is 50.3 Å². The smallest absolute Gasteiger partial charge is 0.494 e. The minimum Gasteiger partial charge on any atom is -0.497 e. The summed E-state index contributed by atoms with van der Waals surface area (Å²) in [5.74, 6) is 0.609. The van der Waals surface area contributed by atoms with Gasteiger partial charge in [0.05, 0.1) is 23.2 Å². The molecule has 1 fully saturated rings. The zero-order chi connectivity index (χ0) is 20.6. The zero-order valence-corrected chi connectivity index (χ0v) is 17.7. The Hall–Kier alpha value is -1.87. The summed E-state index contributed by atoms with van der Waals surface area (Å²) in [6, 6.07) is 13.8. The minimum absolute atomic E-state index is 0.192. The van der Waals surface area contributed by atoms with E-state index in [-0.39, 0.29) is 11.4 Å². The van der Waals surface area contributed by atoms with Gasteiger partial charge in [0.1, 0.15) is 5.75 Å². The van der Waals surface area contributed by atoms with E-state index in [1.165, 1.54) is 19.2 Å². The molecule has 150 valence electrons. The number of benzene rings is 2. The maximum absolute atomic E-state index is 12.4. The normalized spacial score (nSPS) is 18.2. The molecule has 1 aliphatic heterocycles. The molecule has 28 heavy (non-hydrogen) atoms. The predicted molar refractivity (Wildman–Crippen MR) is 109 cm³/mol. The topological polar surface area (TPSA) is 73.9 Å². The lowest BCUT2D eigenvalue weighted by Gasteiger charge is -2.32. The molecule has 6 nitrogen and oxygen atoms in total. The Morgan fingerprint density at radius 2 is 1.46 bits per heavy atom. The number of hydrogen-bond donors (Lipinski definition) is 1. The van der Waals surface area contributed by atoms with Gasteiger partial charge in [-0.2, -0.15) is 0 Å². The van der Waals surface area contributed by atoms with Crippen LogP contribution in [0.5, 0.6) is 5.75 Å². The third-order valence-corrected chi connectivity index (χ3v) is 6.76. The molecule has 0 radical (unpaired) electrons. The van der Waals surface area contributed by atoms with Crippen molar-refractivity contribution < 1.29 is 22.5 Å². The van der Waals surface area contributed by atoms with Crippen LogP contribution in [-0.4, -0.2) is 33.8 Å². The summed E-state index contributed by atoms with van der Waals surface area (Å²) in [6.07, 6.45) is 0. The Morgan fingerprint density at radius 3 is 1.96 bits per heavy atom. The molecule has 2 aromatic carbocycles. The van der Waals surface area contributed by atoms with Crippen LogP contribution in [0.3, 0.4) is 0 Å². The number of ether oxygens (including phenoxy) is 1. The zero-order valence-electron chi connectivity index (χ0n) is 16.9. The summed E-state index contributed by atoms with van der Waals surface area (Å²) < 4.78 is 44.6. The van der Waals surface area contributed by atoms with Gasteiger partial charge in [-0.25, -0.2) is 13.1 Å². The fourth-order valence-corrected chi connectivity index (χ4v) is 3.81. The van der Waals surface area contributed by atoms with Crippen molar-refractivity contribution in [1.82, 2.24) is 4.72 Å². The van der Waals surface area contributed by atoms with Gasteiger partial charge in [0.2, 0.25) is 10.0 Å². The lowest BCUT2D eigenvalue weighted by atomic mass is 9.79. The first kappa shape index (κ1) is 20.9. The third kappa shape index (κ3) is 4.25. The Kier molecular flexibility index (Phi) is 5.60. The second-order valence-corrected chi connectivity index (χ2v) is 9.60. The average Bonchev–Trinajstić information content (AvgIpc) is 2.88. The van der Waals surface area contributed by atoms with Crippen LogP contribution in [0.2, 0.25) is 0 Å². The molecule has 0 spiro atoms. The first-order chi connectivity index (χ1) is 13.0. The van der Waals surface area contributed by atoms with Crippen molar-refractivity contribution in [3.05, 3.63) is 54.1 Å². The summed E-state index contributed by atoms with van der Waals surface area (Å²) in [7, 11) is -2.49. The van der Waals surface area contributed by atoms with Crippen molar-refractivity contribution in [2.24, 2.45) is 0 Å². The summed E-state index contributed by atoms with van der Waals surface area (Å²) >= 11 is 0. The molecule has 1 saturated heterocycles. The van der Waals surface area contributed by atoms with Gasteiger partial charge in [0.15, 0.2) is 0 Å². The average molecular weight is 403 g/mol. The lowest BCUT2D eigenvalue weighted by Crippen LogP contribution is -2.41. The molecule has 1 heterocycles. The maximum Gasteiger partial charge on any atom is 0.494 e. The SMILES string of the molecule is COc1ccc(S(=O)(=O)NCc2ccc(B3OC(C)(C)C(C)(C)O3)cc2)cc1. The van der Waals surface area contributed by atoms with Crippen LogP contribution in [0.4, 0.5) is 0 Å². The highest BCUT2D eigenvalue weighted by Gasteiger charge is 2.51. The quantitative estimate of drug-likeness (QED) is 0.751. The minimum atomic E-state index is -3.59. The number of nitrogens with one attached hydrogen (secondary N) is 1. The molecule has 0 aliphatic carbocycles. The summed E-state index contributed by atoms with van der Waals surface area (Å²) in [5.41, 5.74) is 0.951. The summed E-state index contributed by atoms with van der Waals surface area (Å²) in [6.45, 7) is 8.23. The van der Waals surface area contributed by atoms with Crippen LogP contribution in [0.25, 0.3) is 0 Å². The first-order valence-corrected chi connectivity index (χ1v) is 10.6. The highest BCUT2D eigenvalue weighted by molar-refractivity contribution is 7.89. The first-order valence-electron chi connectivity index (χ1n) is 9.12. The predicted octanol–water partition coefficient (Wildman–Crippen LogP) is 2.47. The highest BCUT2D eigenvalue weighted by Crippen LogP contribution is 2.36. The Labute approximate surface area is 167 Å². The Morgan fingerprint density at radius 1 is 0.929 bits per heavy atom. The Bertz CT molecular complexity index is 908. The molecule has 8 heteroatoms. The fourth-order valence-electron chi connectivity index (χ4n) is 2.79.